The number of hydrogen-bond acceptors (Lipinski definition) is 4. The van der Waals surface area contributed by atoms with E-state index in [1.807, 2.05) is 6.07 Å². The van der Waals surface area contributed by atoms with Crippen LogP contribution in [-0.4, -0.2) is 29.0 Å². The minimum atomic E-state index is -0.379. The van der Waals surface area contributed by atoms with Gasteiger partial charge in [-0.05, 0) is 43.2 Å². The summed E-state index contributed by atoms with van der Waals surface area (Å²) in [6.45, 7) is 1.34. The van der Waals surface area contributed by atoms with Crippen LogP contribution in [0, 0.1) is 17.6 Å². The topological polar surface area (TPSA) is 58.1 Å². The molecule has 1 aromatic heterocycles. The van der Waals surface area contributed by atoms with Crippen molar-refractivity contribution in [2.45, 2.75) is 12.8 Å². The van der Waals surface area contributed by atoms with E-state index in [2.05, 4.69) is 20.2 Å². The first-order valence-corrected chi connectivity index (χ1v) is 9.48. The number of benzene rings is 2. The van der Waals surface area contributed by atoms with Gasteiger partial charge in [-0.2, -0.15) is 0 Å². The van der Waals surface area contributed by atoms with E-state index in [1.165, 1.54) is 30.6 Å². The molecule has 29 heavy (non-hydrogen) atoms. The summed E-state index contributed by atoms with van der Waals surface area (Å²) < 4.78 is 26.8. The summed E-state index contributed by atoms with van der Waals surface area (Å²) >= 11 is 0. The summed E-state index contributed by atoms with van der Waals surface area (Å²) in [4.78, 5) is 23.2. The lowest BCUT2D eigenvalue weighted by molar-refractivity contribution is -0.120. The van der Waals surface area contributed by atoms with Crippen molar-refractivity contribution in [2.75, 3.05) is 23.3 Å². The van der Waals surface area contributed by atoms with Crippen molar-refractivity contribution in [1.82, 2.24) is 9.97 Å². The number of carbonyl (C=O) groups is 1. The Bertz CT molecular complexity index is 1020. The summed E-state index contributed by atoms with van der Waals surface area (Å²) in [6, 6.07) is 14.0. The highest BCUT2D eigenvalue weighted by atomic mass is 19.1. The first-order valence-electron chi connectivity index (χ1n) is 9.48. The average Bonchev–Trinajstić information content (AvgIpc) is 2.74. The molecule has 0 unspecified atom stereocenters. The molecule has 1 aliphatic heterocycles. The maximum atomic E-state index is 13.5. The Morgan fingerprint density at radius 1 is 0.966 bits per heavy atom. The number of amides is 1. The van der Waals surface area contributed by atoms with Crippen LogP contribution in [0.4, 0.5) is 20.3 Å². The van der Waals surface area contributed by atoms with Gasteiger partial charge >= 0.3 is 0 Å². The number of anilines is 2. The highest BCUT2D eigenvalue weighted by Gasteiger charge is 2.26. The van der Waals surface area contributed by atoms with Gasteiger partial charge in [0.2, 0.25) is 5.91 Å². The van der Waals surface area contributed by atoms with Crippen molar-refractivity contribution in [1.29, 1.82) is 0 Å². The molecule has 0 atom stereocenters. The second-order valence-electron chi connectivity index (χ2n) is 7.03. The zero-order chi connectivity index (χ0) is 20.2. The Labute approximate surface area is 167 Å². The first kappa shape index (κ1) is 19.0. The van der Waals surface area contributed by atoms with Crippen LogP contribution in [0.25, 0.3) is 11.3 Å². The predicted molar refractivity (Wildman–Crippen MR) is 107 cm³/mol. The highest BCUT2D eigenvalue weighted by Crippen LogP contribution is 2.26. The first-order chi connectivity index (χ1) is 14.1. The van der Waals surface area contributed by atoms with E-state index in [0.29, 0.717) is 42.9 Å². The van der Waals surface area contributed by atoms with E-state index >= 15 is 0 Å². The van der Waals surface area contributed by atoms with Crippen LogP contribution in [0.1, 0.15) is 12.8 Å². The van der Waals surface area contributed by atoms with E-state index in [-0.39, 0.29) is 23.5 Å². The van der Waals surface area contributed by atoms with Crippen molar-refractivity contribution in [3.8, 4) is 11.3 Å². The van der Waals surface area contributed by atoms with Crippen LogP contribution in [0.5, 0.6) is 0 Å². The maximum Gasteiger partial charge on any atom is 0.227 e. The Balaban J connectivity index is 1.39. The van der Waals surface area contributed by atoms with Crippen LogP contribution in [0.2, 0.25) is 0 Å². The Hall–Kier alpha value is -3.35. The molecule has 1 fully saturated rings. The summed E-state index contributed by atoms with van der Waals surface area (Å²) in [5, 5.41) is 2.78. The second kappa shape index (κ2) is 8.34. The number of halogens is 2. The number of rotatable bonds is 4. The molecular weight excluding hydrogens is 374 g/mol. The van der Waals surface area contributed by atoms with Crippen molar-refractivity contribution >= 4 is 17.4 Å². The molecule has 2 heterocycles. The smallest absolute Gasteiger partial charge is 0.227 e. The molecule has 5 nitrogen and oxygen atoms in total. The van der Waals surface area contributed by atoms with Gasteiger partial charge in [0.25, 0.3) is 0 Å². The third-order valence-corrected chi connectivity index (χ3v) is 5.05. The van der Waals surface area contributed by atoms with Crippen molar-refractivity contribution < 1.29 is 13.6 Å². The SMILES string of the molecule is O=C(Nc1cccc(F)c1)C1CCN(c2cc(-c3cccc(F)c3)ncn2)CC1. The predicted octanol–water partition coefficient (Wildman–Crippen LogP) is 4.28. The lowest BCUT2D eigenvalue weighted by Crippen LogP contribution is -2.38. The molecular formula is C22H20F2N4O. The molecule has 0 aliphatic carbocycles. The largest absolute Gasteiger partial charge is 0.356 e. The zero-order valence-corrected chi connectivity index (χ0v) is 15.7. The van der Waals surface area contributed by atoms with Crippen molar-refractivity contribution in [3.05, 3.63) is 72.6 Å². The van der Waals surface area contributed by atoms with Gasteiger partial charge in [-0.3, -0.25) is 4.79 Å². The standard InChI is InChI=1S/C22H20F2N4O/c23-17-4-1-3-16(11-17)20-13-21(26-14-25-20)28-9-7-15(8-10-28)22(29)27-19-6-2-5-18(24)12-19/h1-6,11-15H,7-10H2,(H,27,29). The zero-order valence-electron chi connectivity index (χ0n) is 15.7. The second-order valence-corrected chi connectivity index (χ2v) is 7.03. The van der Waals surface area contributed by atoms with Gasteiger partial charge in [0.15, 0.2) is 0 Å². The monoisotopic (exact) mass is 394 g/mol. The molecule has 1 N–H and O–H groups in total. The van der Waals surface area contributed by atoms with Crippen LogP contribution < -0.4 is 10.2 Å². The Kier molecular flexibility index (Phi) is 5.46. The summed E-state index contributed by atoms with van der Waals surface area (Å²) in [6.07, 6.45) is 2.80. The molecule has 1 amide bonds. The van der Waals surface area contributed by atoms with Crippen molar-refractivity contribution in [2.24, 2.45) is 5.92 Å². The number of piperidine rings is 1. The molecule has 0 spiro atoms. The number of carbonyl (C=O) groups excluding carboxylic acids is 1. The highest BCUT2D eigenvalue weighted by molar-refractivity contribution is 5.92. The lowest BCUT2D eigenvalue weighted by Gasteiger charge is -2.32. The van der Waals surface area contributed by atoms with E-state index in [9.17, 15) is 13.6 Å². The lowest BCUT2D eigenvalue weighted by atomic mass is 9.95. The molecule has 7 heteroatoms. The van der Waals surface area contributed by atoms with Crippen LogP contribution in [0.3, 0.4) is 0 Å². The summed E-state index contributed by atoms with van der Waals surface area (Å²) in [5.74, 6) is -0.177. The van der Waals surface area contributed by atoms with Gasteiger partial charge in [-0.25, -0.2) is 18.7 Å². The fourth-order valence-corrected chi connectivity index (χ4v) is 3.51. The summed E-state index contributed by atoms with van der Waals surface area (Å²) in [7, 11) is 0. The van der Waals surface area contributed by atoms with Gasteiger partial charge in [-0.15, -0.1) is 0 Å². The van der Waals surface area contributed by atoms with Gasteiger partial charge in [0, 0.05) is 36.3 Å². The molecule has 0 bridgehead atoms. The Morgan fingerprint density at radius 3 is 2.41 bits per heavy atom. The molecule has 3 aromatic rings. The number of aromatic nitrogens is 2. The van der Waals surface area contributed by atoms with E-state index in [4.69, 9.17) is 0 Å². The van der Waals surface area contributed by atoms with Crippen LogP contribution in [0.15, 0.2) is 60.9 Å². The molecule has 2 aromatic carbocycles. The van der Waals surface area contributed by atoms with Gasteiger partial charge in [0.05, 0.1) is 5.69 Å². The molecule has 0 saturated carbocycles. The maximum absolute atomic E-state index is 13.5. The number of nitrogens with zero attached hydrogens (tertiary/aromatic N) is 3. The minimum Gasteiger partial charge on any atom is -0.356 e. The molecule has 1 aliphatic rings. The molecule has 4 rings (SSSR count). The Morgan fingerprint density at radius 2 is 1.69 bits per heavy atom. The van der Waals surface area contributed by atoms with Gasteiger partial charge in [0.1, 0.15) is 23.8 Å². The molecule has 148 valence electrons. The number of nitrogens with one attached hydrogen (secondary N) is 1. The average molecular weight is 394 g/mol. The fourth-order valence-electron chi connectivity index (χ4n) is 3.51. The third kappa shape index (κ3) is 4.56. The van der Waals surface area contributed by atoms with Gasteiger partial charge in [-0.1, -0.05) is 18.2 Å². The minimum absolute atomic E-state index is 0.0987. The number of hydrogen-bond donors (Lipinski definition) is 1. The quantitative estimate of drug-likeness (QED) is 0.718. The van der Waals surface area contributed by atoms with Gasteiger partial charge < -0.3 is 10.2 Å². The normalized spacial score (nSPS) is 14.6. The van der Waals surface area contributed by atoms with E-state index in [0.717, 1.165) is 5.82 Å². The van der Waals surface area contributed by atoms with Crippen molar-refractivity contribution in [3.63, 3.8) is 0 Å². The molecule has 0 radical (unpaired) electrons. The van der Waals surface area contributed by atoms with Crippen LogP contribution >= 0.6 is 0 Å². The van der Waals surface area contributed by atoms with E-state index in [1.54, 1.807) is 24.3 Å². The third-order valence-electron chi connectivity index (χ3n) is 5.05. The van der Waals surface area contributed by atoms with Crippen LogP contribution in [-0.2, 0) is 4.79 Å². The fraction of sp³-hybridized carbons (Fsp3) is 0.227. The molecule has 1 saturated heterocycles. The van der Waals surface area contributed by atoms with E-state index < -0.39 is 0 Å². The summed E-state index contributed by atoms with van der Waals surface area (Å²) in [5.41, 5.74) is 1.81.